The van der Waals surface area contributed by atoms with Gasteiger partial charge in [-0.2, -0.15) is 9.97 Å². The first-order chi connectivity index (χ1) is 21.7. The molecule has 3 aliphatic heterocycles. The molecule has 2 N–H and O–H groups in total. The standard InChI is InChI=1S/C33H31F4N5O3/c1-2-23-26(36)7-4-18-10-22(44)11-24(27(18)23)29-28(37)30-25(13-38-29)31(41-14-19(34)5-6-21(43)16-41)40-32(39-30)45-17-33-8-3-9-42(33)15-20(35)12-33/h1,4,7,10-11,13,19-21,43-44H,3,5-6,8-9,12,14-17H2/t19?,20-,21?,33+/m1/s1. The van der Waals surface area contributed by atoms with Crippen molar-refractivity contribution < 1.29 is 32.5 Å². The van der Waals surface area contributed by atoms with Gasteiger partial charge in [0.05, 0.1) is 29.1 Å². The number of aromatic nitrogens is 3. The topological polar surface area (TPSA) is 94.8 Å². The summed E-state index contributed by atoms with van der Waals surface area (Å²) >= 11 is 0. The van der Waals surface area contributed by atoms with Gasteiger partial charge in [0.1, 0.15) is 47.5 Å². The highest BCUT2D eigenvalue weighted by Gasteiger charge is 2.49. The van der Waals surface area contributed by atoms with Crippen molar-refractivity contribution in [3.05, 3.63) is 47.7 Å². The molecular weight excluding hydrogens is 590 g/mol. The smallest absolute Gasteiger partial charge is 0.319 e. The van der Waals surface area contributed by atoms with E-state index in [4.69, 9.17) is 11.2 Å². The number of anilines is 1. The number of halogens is 4. The van der Waals surface area contributed by atoms with Crippen LogP contribution < -0.4 is 9.64 Å². The molecule has 2 unspecified atom stereocenters. The van der Waals surface area contributed by atoms with Crippen molar-refractivity contribution in [3.63, 3.8) is 0 Å². The predicted molar refractivity (Wildman–Crippen MR) is 161 cm³/mol. The summed E-state index contributed by atoms with van der Waals surface area (Å²) in [5, 5.41) is 21.7. The molecule has 0 aliphatic carbocycles. The van der Waals surface area contributed by atoms with E-state index < -0.39 is 35.6 Å². The second kappa shape index (κ2) is 11.3. The maximum absolute atomic E-state index is 16.7. The van der Waals surface area contributed by atoms with E-state index in [0.29, 0.717) is 18.4 Å². The number of aliphatic hydroxyl groups is 1. The first-order valence-electron chi connectivity index (χ1n) is 15.0. The zero-order chi connectivity index (χ0) is 31.5. The zero-order valence-corrected chi connectivity index (χ0v) is 24.3. The minimum atomic E-state index is -1.27. The molecular formula is C33H31F4N5O3. The lowest BCUT2D eigenvalue weighted by Gasteiger charge is -2.31. The summed E-state index contributed by atoms with van der Waals surface area (Å²) < 4.78 is 66.8. The number of rotatable bonds is 5. The SMILES string of the molecule is C#Cc1c(F)ccc2cc(O)cc(-c3ncc4c(N5CC(O)CCC(F)C5)nc(OC[C@@]56CCCN5C[C@H](F)C6)nc4c3F)c12. The van der Waals surface area contributed by atoms with E-state index >= 15 is 4.39 Å². The average Bonchev–Trinajstić information content (AvgIpc) is 3.48. The van der Waals surface area contributed by atoms with Crippen molar-refractivity contribution in [2.75, 3.05) is 37.7 Å². The van der Waals surface area contributed by atoms with Crippen LogP contribution in [0, 0.1) is 24.0 Å². The summed E-state index contributed by atoms with van der Waals surface area (Å²) in [5.74, 6) is 0.620. The minimum Gasteiger partial charge on any atom is -0.508 e. The van der Waals surface area contributed by atoms with E-state index in [1.807, 2.05) is 0 Å². The second-order valence-electron chi connectivity index (χ2n) is 12.3. The van der Waals surface area contributed by atoms with E-state index in [2.05, 4.69) is 25.8 Å². The quantitative estimate of drug-likeness (QED) is 0.236. The summed E-state index contributed by atoms with van der Waals surface area (Å²) in [6.45, 7) is 1.08. The van der Waals surface area contributed by atoms with Crippen LogP contribution in [-0.2, 0) is 0 Å². The molecule has 8 nitrogen and oxygen atoms in total. The van der Waals surface area contributed by atoms with Gasteiger partial charge in [-0.05, 0) is 55.8 Å². The summed E-state index contributed by atoms with van der Waals surface area (Å²) in [4.78, 5) is 16.9. The Bertz CT molecular complexity index is 1840. The number of aliphatic hydroxyl groups excluding tert-OH is 1. The third-order valence-electron chi connectivity index (χ3n) is 9.29. The average molecular weight is 622 g/mol. The number of phenols is 1. The molecule has 234 valence electrons. The van der Waals surface area contributed by atoms with Gasteiger partial charge in [0.25, 0.3) is 0 Å². The first kappa shape index (κ1) is 29.5. The van der Waals surface area contributed by atoms with Crippen LogP contribution in [0.3, 0.4) is 0 Å². The Labute approximate surface area is 256 Å². The number of phenolic OH excluding ortho intramolecular Hbond substituents is 1. The van der Waals surface area contributed by atoms with Crippen molar-refractivity contribution in [2.24, 2.45) is 0 Å². The molecule has 0 amide bonds. The Hall–Kier alpha value is -4.21. The van der Waals surface area contributed by atoms with Gasteiger partial charge in [0.15, 0.2) is 5.82 Å². The van der Waals surface area contributed by atoms with Gasteiger partial charge in [-0.3, -0.25) is 9.88 Å². The lowest BCUT2D eigenvalue weighted by atomic mass is 9.95. The fourth-order valence-electron chi connectivity index (χ4n) is 7.21. The molecule has 2 aromatic carbocycles. The van der Waals surface area contributed by atoms with Crippen LogP contribution in [0.15, 0.2) is 30.5 Å². The highest BCUT2D eigenvalue weighted by molar-refractivity contribution is 6.03. The van der Waals surface area contributed by atoms with E-state index in [1.54, 1.807) is 0 Å². The molecule has 0 saturated carbocycles. The van der Waals surface area contributed by atoms with Crippen LogP contribution in [0.5, 0.6) is 11.8 Å². The highest BCUT2D eigenvalue weighted by Crippen LogP contribution is 2.42. The largest absolute Gasteiger partial charge is 0.508 e. The van der Waals surface area contributed by atoms with Crippen LogP contribution in [0.4, 0.5) is 23.4 Å². The molecule has 4 atom stereocenters. The molecule has 0 bridgehead atoms. The van der Waals surface area contributed by atoms with Gasteiger partial charge in [0.2, 0.25) is 0 Å². The molecule has 3 fully saturated rings. The number of benzene rings is 2. The number of nitrogens with zero attached hydrogens (tertiary/aromatic N) is 5. The number of pyridine rings is 1. The molecule has 0 spiro atoms. The summed E-state index contributed by atoms with van der Waals surface area (Å²) in [6, 6.07) is 5.04. The number of alkyl halides is 2. The Morgan fingerprint density at radius 3 is 2.76 bits per heavy atom. The molecule has 2 aromatic heterocycles. The van der Waals surface area contributed by atoms with Gasteiger partial charge in [-0.25, -0.2) is 17.6 Å². The van der Waals surface area contributed by atoms with E-state index in [1.165, 1.54) is 35.4 Å². The van der Waals surface area contributed by atoms with Crippen LogP contribution in [0.2, 0.25) is 0 Å². The van der Waals surface area contributed by atoms with Crippen LogP contribution in [0.1, 0.15) is 37.7 Å². The molecule has 45 heavy (non-hydrogen) atoms. The summed E-state index contributed by atoms with van der Waals surface area (Å²) in [5.41, 5.74) is -1.06. The Balaban J connectivity index is 1.39. The fraction of sp³-hybridized carbons (Fsp3) is 0.424. The normalized spacial score (nSPS) is 25.4. The van der Waals surface area contributed by atoms with Gasteiger partial charge < -0.3 is 19.8 Å². The van der Waals surface area contributed by atoms with Crippen molar-refractivity contribution in [1.29, 1.82) is 0 Å². The van der Waals surface area contributed by atoms with Gasteiger partial charge in [-0.1, -0.05) is 12.0 Å². The maximum atomic E-state index is 16.7. The summed E-state index contributed by atoms with van der Waals surface area (Å²) in [7, 11) is 0. The molecule has 0 radical (unpaired) electrons. The molecule has 3 aliphatic rings. The Morgan fingerprint density at radius 2 is 1.93 bits per heavy atom. The number of aromatic hydroxyl groups is 1. The van der Waals surface area contributed by atoms with Gasteiger partial charge in [-0.15, -0.1) is 6.42 Å². The Morgan fingerprint density at radius 1 is 1.09 bits per heavy atom. The van der Waals surface area contributed by atoms with Crippen molar-refractivity contribution >= 4 is 27.5 Å². The summed E-state index contributed by atoms with van der Waals surface area (Å²) in [6.07, 6.45) is 6.19. The number of fused-ring (bicyclic) bond motifs is 3. The number of hydrogen-bond acceptors (Lipinski definition) is 8. The van der Waals surface area contributed by atoms with Crippen molar-refractivity contribution in [2.45, 2.75) is 56.1 Å². The third-order valence-corrected chi connectivity index (χ3v) is 9.29. The first-order valence-corrected chi connectivity index (χ1v) is 15.0. The maximum Gasteiger partial charge on any atom is 0.319 e. The fourth-order valence-corrected chi connectivity index (χ4v) is 7.21. The number of β-amino-alcohol motifs (C(OH)–C–C–N with tert-alkyl or cyclic N) is 1. The molecule has 4 aromatic rings. The van der Waals surface area contributed by atoms with Gasteiger partial charge >= 0.3 is 6.01 Å². The third kappa shape index (κ3) is 5.17. The number of ether oxygens (including phenoxy) is 1. The van der Waals surface area contributed by atoms with E-state index in [9.17, 15) is 23.4 Å². The molecule has 5 heterocycles. The highest BCUT2D eigenvalue weighted by atomic mass is 19.1. The lowest BCUT2D eigenvalue weighted by molar-refractivity contribution is 0.107. The molecule has 3 saturated heterocycles. The monoisotopic (exact) mass is 621 g/mol. The van der Waals surface area contributed by atoms with E-state index in [-0.39, 0.29) is 83.2 Å². The predicted octanol–water partition coefficient (Wildman–Crippen LogP) is 5.06. The molecule has 7 rings (SSSR count). The lowest BCUT2D eigenvalue weighted by Crippen LogP contribution is -2.43. The van der Waals surface area contributed by atoms with Crippen molar-refractivity contribution in [3.8, 4) is 35.4 Å². The van der Waals surface area contributed by atoms with Crippen LogP contribution in [0.25, 0.3) is 32.9 Å². The number of hydrogen-bond donors (Lipinski definition) is 2. The zero-order valence-electron chi connectivity index (χ0n) is 24.3. The molecule has 12 heteroatoms. The van der Waals surface area contributed by atoms with E-state index in [0.717, 1.165) is 19.4 Å². The van der Waals surface area contributed by atoms with Crippen LogP contribution >= 0.6 is 0 Å². The van der Waals surface area contributed by atoms with Gasteiger partial charge in [0, 0.05) is 36.7 Å². The Kier molecular flexibility index (Phi) is 7.41. The van der Waals surface area contributed by atoms with Crippen LogP contribution in [-0.4, -0.2) is 86.8 Å². The minimum absolute atomic E-state index is 0.0403. The number of terminal acetylenes is 1. The second-order valence-corrected chi connectivity index (χ2v) is 12.3. The van der Waals surface area contributed by atoms with Crippen molar-refractivity contribution in [1.82, 2.24) is 19.9 Å².